The lowest BCUT2D eigenvalue weighted by molar-refractivity contribution is -0.211. The third-order valence-electron chi connectivity index (χ3n) is 8.40. The summed E-state index contributed by atoms with van der Waals surface area (Å²) in [5, 5.41) is 17.8. The molecule has 41 heavy (non-hydrogen) atoms. The molecule has 0 unspecified atom stereocenters. The Balaban J connectivity index is 1.16. The highest BCUT2D eigenvalue weighted by molar-refractivity contribution is 5.96. The molecule has 4 aliphatic rings. The van der Waals surface area contributed by atoms with Crippen molar-refractivity contribution in [2.75, 3.05) is 18.5 Å². The molecule has 1 spiro atoms. The number of hydrogen-bond donors (Lipinski definition) is 4. The summed E-state index contributed by atoms with van der Waals surface area (Å²) in [5.74, 6) is -1.03. The van der Waals surface area contributed by atoms with Gasteiger partial charge in [0.05, 0.1) is 12.9 Å². The molecule has 13 heteroatoms. The summed E-state index contributed by atoms with van der Waals surface area (Å²) in [5.41, 5.74) is 3.11. The number of nitrogens with one attached hydrogen (secondary N) is 3. The standard InChI is InChI=1S/C28H33N7O6/c36-11-10-29-25(37)21-20-22(41-28(40-20)12-16-6-4-5-7-17(16)13-28)26(39-21)35-15-32-19-23(30-14-31-24(19)35)34-27(38)33-18-8-2-1-3-9-18/h4-7,14-15,18,20-22,26,36H,1-3,8-13H2,(H,29,37)(H2,30,31,33,34,38)/t20-,21+,22-,26-/m1/s1. The zero-order chi connectivity index (χ0) is 28.0. The van der Waals surface area contributed by atoms with E-state index in [0.717, 1.165) is 36.8 Å². The lowest BCUT2D eigenvalue weighted by Crippen LogP contribution is -2.44. The molecule has 2 saturated heterocycles. The van der Waals surface area contributed by atoms with Gasteiger partial charge < -0.3 is 30.0 Å². The van der Waals surface area contributed by atoms with Crippen molar-refractivity contribution in [3.63, 3.8) is 0 Å². The molecule has 2 aromatic heterocycles. The van der Waals surface area contributed by atoms with Gasteiger partial charge in [-0.1, -0.05) is 43.5 Å². The van der Waals surface area contributed by atoms with Gasteiger partial charge >= 0.3 is 6.03 Å². The van der Waals surface area contributed by atoms with Crippen molar-refractivity contribution in [2.24, 2.45) is 0 Å². The third-order valence-corrected chi connectivity index (χ3v) is 8.40. The van der Waals surface area contributed by atoms with Gasteiger partial charge in [0, 0.05) is 25.4 Å². The van der Waals surface area contributed by atoms with Crippen LogP contribution in [0.4, 0.5) is 10.6 Å². The van der Waals surface area contributed by atoms with Crippen LogP contribution in [-0.4, -0.2) is 79.9 Å². The monoisotopic (exact) mass is 563 g/mol. The minimum Gasteiger partial charge on any atom is -0.395 e. The Hall–Kier alpha value is -3.65. The molecule has 3 amide bonds. The lowest BCUT2D eigenvalue weighted by Gasteiger charge is -2.27. The molecule has 0 radical (unpaired) electrons. The molecule has 3 aromatic rings. The number of ether oxygens (including phenoxy) is 3. The molecule has 1 aromatic carbocycles. The first-order chi connectivity index (χ1) is 20.0. The van der Waals surface area contributed by atoms with E-state index in [2.05, 4.69) is 43.0 Å². The molecular weight excluding hydrogens is 530 g/mol. The van der Waals surface area contributed by atoms with Gasteiger partial charge in [0.15, 0.2) is 35.1 Å². The van der Waals surface area contributed by atoms with Gasteiger partial charge in [-0.15, -0.1) is 0 Å². The molecule has 216 valence electrons. The van der Waals surface area contributed by atoms with Crippen molar-refractivity contribution < 1.29 is 28.9 Å². The predicted molar refractivity (Wildman–Crippen MR) is 145 cm³/mol. The van der Waals surface area contributed by atoms with Crippen molar-refractivity contribution in [3.05, 3.63) is 48.0 Å². The smallest absolute Gasteiger partial charge is 0.320 e. The van der Waals surface area contributed by atoms with E-state index in [-0.39, 0.29) is 31.0 Å². The Kier molecular flexibility index (Phi) is 6.81. The maximum Gasteiger partial charge on any atom is 0.320 e. The largest absolute Gasteiger partial charge is 0.395 e. The van der Waals surface area contributed by atoms with Crippen LogP contribution >= 0.6 is 0 Å². The maximum atomic E-state index is 13.1. The highest BCUT2D eigenvalue weighted by Crippen LogP contribution is 2.49. The molecule has 2 aliphatic heterocycles. The van der Waals surface area contributed by atoms with Crippen LogP contribution in [0.2, 0.25) is 0 Å². The van der Waals surface area contributed by atoms with E-state index in [1.54, 1.807) is 10.9 Å². The molecule has 4 heterocycles. The van der Waals surface area contributed by atoms with Crippen molar-refractivity contribution >= 4 is 28.9 Å². The first kappa shape index (κ1) is 26.3. The molecule has 3 fully saturated rings. The summed E-state index contributed by atoms with van der Waals surface area (Å²) in [6.07, 6.45) is 6.29. The van der Waals surface area contributed by atoms with Gasteiger partial charge in [-0.3, -0.25) is 14.7 Å². The Labute approximate surface area is 236 Å². The van der Waals surface area contributed by atoms with Crippen molar-refractivity contribution in [1.82, 2.24) is 30.2 Å². The second-order valence-electron chi connectivity index (χ2n) is 11.1. The van der Waals surface area contributed by atoms with Crippen molar-refractivity contribution in [3.8, 4) is 0 Å². The fraction of sp³-hybridized carbons (Fsp3) is 0.536. The van der Waals surface area contributed by atoms with Gasteiger partial charge in [-0.05, 0) is 24.0 Å². The minimum absolute atomic E-state index is 0.0946. The van der Waals surface area contributed by atoms with Crippen LogP contribution in [0.5, 0.6) is 0 Å². The molecule has 4 N–H and O–H groups in total. The number of nitrogens with zero attached hydrogens (tertiary/aromatic N) is 4. The molecule has 7 rings (SSSR count). The number of benzene rings is 1. The topological polar surface area (TPSA) is 162 Å². The number of carbonyl (C=O) groups is 2. The number of anilines is 1. The molecule has 1 saturated carbocycles. The Morgan fingerprint density at radius 1 is 1.02 bits per heavy atom. The quantitative estimate of drug-likeness (QED) is 0.349. The number of rotatable bonds is 6. The number of carbonyl (C=O) groups excluding carboxylic acids is 2. The highest BCUT2D eigenvalue weighted by Gasteiger charge is 2.62. The first-order valence-corrected chi connectivity index (χ1v) is 14.2. The van der Waals surface area contributed by atoms with Gasteiger partial charge in [0.1, 0.15) is 18.5 Å². The van der Waals surface area contributed by atoms with Crippen LogP contribution in [0, 0.1) is 0 Å². The average molecular weight is 564 g/mol. The van der Waals surface area contributed by atoms with E-state index >= 15 is 0 Å². The molecule has 2 aliphatic carbocycles. The van der Waals surface area contributed by atoms with Crippen LogP contribution in [-0.2, 0) is 31.8 Å². The van der Waals surface area contributed by atoms with Crippen LogP contribution in [0.25, 0.3) is 11.2 Å². The normalized spacial score (nSPS) is 26.7. The number of fused-ring (bicyclic) bond motifs is 3. The molecule has 0 bridgehead atoms. The van der Waals surface area contributed by atoms with Crippen LogP contribution in [0.15, 0.2) is 36.9 Å². The zero-order valence-electron chi connectivity index (χ0n) is 22.5. The maximum absolute atomic E-state index is 13.1. The zero-order valence-corrected chi connectivity index (χ0v) is 22.5. The van der Waals surface area contributed by atoms with E-state index in [9.17, 15) is 14.7 Å². The van der Waals surface area contributed by atoms with Crippen molar-refractivity contribution in [1.29, 1.82) is 0 Å². The van der Waals surface area contributed by atoms with Gasteiger partial charge in [-0.2, -0.15) is 0 Å². The summed E-state index contributed by atoms with van der Waals surface area (Å²) in [6, 6.07) is 7.91. The number of aliphatic hydroxyl groups is 1. The van der Waals surface area contributed by atoms with E-state index < -0.39 is 36.2 Å². The number of imidazole rings is 1. The number of hydrogen-bond acceptors (Lipinski definition) is 9. The summed E-state index contributed by atoms with van der Waals surface area (Å²) in [6.45, 7) is -0.100. The SMILES string of the molecule is O=C(Nc1ncnc2c1ncn2[C@@H]1O[C@H](C(=O)NCCO)[C@H]2OC3(Cc4ccccc4C3)O[C@H]21)NC1CCCCC1. The third kappa shape index (κ3) is 4.82. The summed E-state index contributed by atoms with van der Waals surface area (Å²) in [4.78, 5) is 39.0. The number of amides is 3. The molecule has 4 atom stereocenters. The average Bonchev–Trinajstić information content (AvgIpc) is 3.73. The highest BCUT2D eigenvalue weighted by atomic mass is 16.8. The number of urea groups is 1. The fourth-order valence-corrected chi connectivity index (χ4v) is 6.55. The van der Waals surface area contributed by atoms with Crippen LogP contribution in [0.1, 0.15) is 49.5 Å². The Morgan fingerprint density at radius 3 is 2.54 bits per heavy atom. The second-order valence-corrected chi connectivity index (χ2v) is 11.1. The van der Waals surface area contributed by atoms with Gasteiger partial charge in [0.2, 0.25) is 0 Å². The Bertz CT molecular complexity index is 1430. The van der Waals surface area contributed by atoms with E-state index in [0.29, 0.717) is 24.0 Å². The van der Waals surface area contributed by atoms with E-state index in [4.69, 9.17) is 14.2 Å². The Morgan fingerprint density at radius 2 is 1.78 bits per heavy atom. The number of aliphatic hydroxyl groups excluding tert-OH is 1. The first-order valence-electron chi connectivity index (χ1n) is 14.2. The minimum atomic E-state index is -0.974. The van der Waals surface area contributed by atoms with Crippen molar-refractivity contribution in [2.45, 2.75) is 81.3 Å². The second kappa shape index (κ2) is 10.6. The van der Waals surface area contributed by atoms with Gasteiger partial charge in [-0.25, -0.2) is 19.7 Å². The fourth-order valence-electron chi connectivity index (χ4n) is 6.55. The van der Waals surface area contributed by atoms with E-state index in [1.807, 2.05) is 12.1 Å². The van der Waals surface area contributed by atoms with Crippen LogP contribution < -0.4 is 16.0 Å². The number of aromatic nitrogens is 4. The van der Waals surface area contributed by atoms with Crippen LogP contribution in [0.3, 0.4) is 0 Å². The lowest BCUT2D eigenvalue weighted by atomic mass is 9.96. The molecular formula is C28H33N7O6. The predicted octanol–water partition coefficient (Wildman–Crippen LogP) is 1.57. The summed E-state index contributed by atoms with van der Waals surface area (Å²) >= 11 is 0. The summed E-state index contributed by atoms with van der Waals surface area (Å²) < 4.78 is 21.1. The van der Waals surface area contributed by atoms with E-state index in [1.165, 1.54) is 12.7 Å². The van der Waals surface area contributed by atoms with Gasteiger partial charge in [0.25, 0.3) is 5.91 Å². The summed E-state index contributed by atoms with van der Waals surface area (Å²) in [7, 11) is 0. The molecule has 13 nitrogen and oxygen atoms in total.